The van der Waals surface area contributed by atoms with E-state index >= 15 is 4.39 Å². The molecule has 9 heteroatoms. The third-order valence-electron chi connectivity index (χ3n) is 5.67. The van der Waals surface area contributed by atoms with Crippen molar-refractivity contribution >= 4 is 22.8 Å². The van der Waals surface area contributed by atoms with E-state index in [9.17, 15) is 4.39 Å². The number of hydrazone groups is 1. The van der Waals surface area contributed by atoms with Gasteiger partial charge in [0.15, 0.2) is 5.65 Å². The van der Waals surface area contributed by atoms with E-state index in [0.29, 0.717) is 24.4 Å². The van der Waals surface area contributed by atoms with Crippen molar-refractivity contribution in [2.24, 2.45) is 5.10 Å². The molecule has 4 aromatic rings. The van der Waals surface area contributed by atoms with Gasteiger partial charge in [-0.1, -0.05) is 6.92 Å². The third kappa shape index (κ3) is 3.31. The van der Waals surface area contributed by atoms with Crippen LogP contribution in [-0.4, -0.2) is 55.6 Å². The number of nitrogens with zero attached hydrogens (tertiary/aromatic N) is 6. The molecule has 4 heterocycles. The van der Waals surface area contributed by atoms with Gasteiger partial charge >= 0.3 is 0 Å². The zero-order valence-electron chi connectivity index (χ0n) is 16.8. The Hall–Kier alpha value is -3.46. The van der Waals surface area contributed by atoms with E-state index in [-0.39, 0.29) is 29.0 Å². The highest BCUT2D eigenvalue weighted by atomic mass is 19.1. The zero-order chi connectivity index (χ0) is 21.5. The molecule has 7 nitrogen and oxygen atoms in total. The van der Waals surface area contributed by atoms with Crippen molar-refractivity contribution in [1.82, 2.24) is 24.6 Å². The quantitative estimate of drug-likeness (QED) is 0.535. The first-order valence-corrected chi connectivity index (χ1v) is 10.0. The molecule has 0 radical (unpaired) electrons. The predicted molar refractivity (Wildman–Crippen MR) is 112 cm³/mol. The molecular formula is C22H20F2N6O. The standard InChI is InChI=1S/C22H20F2N6O/c1-13(21-16(23)9-18-15(22(21)24)3-2-6-25-18)19-11-26-20-5-4-17(28-30(19)20)14-10-27-29(12-14)7-8-31/h2-6,9-11,13-14,31H,7-8,12H2,1H3. The lowest BCUT2D eigenvalue weighted by Gasteiger charge is -2.16. The molecule has 5 rings (SSSR count). The predicted octanol–water partition coefficient (Wildman–Crippen LogP) is 3.08. The molecule has 0 aliphatic carbocycles. The summed E-state index contributed by atoms with van der Waals surface area (Å²) in [5.41, 5.74) is 2.19. The normalized spacial score (nSPS) is 17.2. The number of aliphatic hydroxyl groups excluding tert-OH is 1. The van der Waals surface area contributed by atoms with Gasteiger partial charge in [-0.25, -0.2) is 18.3 Å². The maximum Gasteiger partial charge on any atom is 0.153 e. The Balaban J connectivity index is 1.55. The van der Waals surface area contributed by atoms with Crippen LogP contribution in [-0.2, 0) is 0 Å². The second-order valence-electron chi connectivity index (χ2n) is 7.60. The minimum atomic E-state index is -0.648. The monoisotopic (exact) mass is 422 g/mol. The Morgan fingerprint density at radius 3 is 2.94 bits per heavy atom. The summed E-state index contributed by atoms with van der Waals surface area (Å²) in [5.74, 6) is -1.93. The molecule has 2 unspecified atom stereocenters. The highest BCUT2D eigenvalue weighted by molar-refractivity contribution is 5.80. The number of rotatable bonds is 5. The van der Waals surface area contributed by atoms with Crippen molar-refractivity contribution in [3.05, 3.63) is 71.3 Å². The Morgan fingerprint density at radius 2 is 2.10 bits per heavy atom. The van der Waals surface area contributed by atoms with Crippen LogP contribution < -0.4 is 0 Å². The maximum absolute atomic E-state index is 15.2. The van der Waals surface area contributed by atoms with Gasteiger partial charge in [0.05, 0.1) is 42.2 Å². The fraction of sp³-hybridized carbons (Fsp3) is 0.273. The molecule has 0 fully saturated rings. The number of hydrogen-bond acceptors (Lipinski definition) is 6. The highest BCUT2D eigenvalue weighted by Gasteiger charge is 2.25. The second-order valence-corrected chi connectivity index (χ2v) is 7.60. The molecule has 2 atom stereocenters. The van der Waals surface area contributed by atoms with Crippen molar-refractivity contribution < 1.29 is 13.9 Å². The second kappa shape index (κ2) is 7.66. The molecule has 0 spiro atoms. The maximum atomic E-state index is 15.2. The number of β-amino-alcohol motifs (C(OH)–C–C–N with tert-alkyl or cyclic N) is 1. The molecule has 0 amide bonds. The average molecular weight is 422 g/mol. The van der Waals surface area contributed by atoms with Gasteiger partial charge < -0.3 is 5.11 Å². The van der Waals surface area contributed by atoms with E-state index in [2.05, 4.69) is 15.1 Å². The molecule has 3 aromatic heterocycles. The van der Waals surface area contributed by atoms with Crippen LogP contribution in [0.3, 0.4) is 0 Å². The Morgan fingerprint density at radius 1 is 1.23 bits per heavy atom. The highest BCUT2D eigenvalue weighted by Crippen LogP contribution is 2.33. The summed E-state index contributed by atoms with van der Waals surface area (Å²) in [6, 6.07) is 8.19. The van der Waals surface area contributed by atoms with E-state index in [4.69, 9.17) is 10.2 Å². The molecule has 1 aromatic carbocycles. The van der Waals surface area contributed by atoms with E-state index in [1.54, 1.807) is 41.0 Å². The number of benzene rings is 1. The van der Waals surface area contributed by atoms with Gasteiger partial charge in [0.1, 0.15) is 11.6 Å². The van der Waals surface area contributed by atoms with E-state index in [1.807, 2.05) is 12.1 Å². The van der Waals surface area contributed by atoms with Gasteiger partial charge in [-0.05, 0) is 24.3 Å². The minimum Gasteiger partial charge on any atom is -0.394 e. The average Bonchev–Trinajstić information content (AvgIpc) is 3.40. The Kier molecular flexibility index (Phi) is 4.82. The van der Waals surface area contributed by atoms with Gasteiger partial charge in [0, 0.05) is 41.9 Å². The van der Waals surface area contributed by atoms with Gasteiger partial charge in [0.25, 0.3) is 0 Å². The topological polar surface area (TPSA) is 78.9 Å². The van der Waals surface area contributed by atoms with Gasteiger partial charge in [0.2, 0.25) is 0 Å². The van der Waals surface area contributed by atoms with Crippen molar-refractivity contribution in [3.63, 3.8) is 0 Å². The van der Waals surface area contributed by atoms with E-state index < -0.39 is 17.6 Å². The Bertz CT molecular complexity index is 1300. The largest absolute Gasteiger partial charge is 0.394 e. The SMILES string of the molecule is CC(c1c(F)cc2ncccc2c1F)c1cnc2ccc(C3C=NN(CCO)C3)nn12. The van der Waals surface area contributed by atoms with Crippen LogP contribution in [0.4, 0.5) is 8.78 Å². The number of pyridine rings is 1. The molecular weight excluding hydrogens is 402 g/mol. The fourth-order valence-corrected chi connectivity index (χ4v) is 4.04. The summed E-state index contributed by atoms with van der Waals surface area (Å²) in [5, 5.41) is 20.1. The Labute approximate surface area is 176 Å². The van der Waals surface area contributed by atoms with Crippen molar-refractivity contribution in [2.45, 2.75) is 18.8 Å². The number of fused-ring (bicyclic) bond motifs is 2. The zero-order valence-corrected chi connectivity index (χ0v) is 16.8. The number of hydrogen-bond donors (Lipinski definition) is 1. The molecule has 1 aliphatic rings. The lowest BCUT2D eigenvalue weighted by Crippen LogP contribution is -2.21. The first-order valence-electron chi connectivity index (χ1n) is 10.0. The van der Waals surface area contributed by atoms with Crippen LogP contribution >= 0.6 is 0 Å². The number of aromatic nitrogens is 4. The van der Waals surface area contributed by atoms with Crippen LogP contribution in [0.15, 0.2) is 47.8 Å². The molecule has 0 saturated heterocycles. The molecule has 158 valence electrons. The van der Waals surface area contributed by atoms with E-state index in [0.717, 1.165) is 5.69 Å². The summed E-state index contributed by atoms with van der Waals surface area (Å²) in [4.78, 5) is 8.41. The molecule has 1 N–H and O–H groups in total. The van der Waals surface area contributed by atoms with Gasteiger partial charge in [-0.2, -0.15) is 10.2 Å². The van der Waals surface area contributed by atoms with E-state index in [1.165, 1.54) is 12.3 Å². The molecule has 31 heavy (non-hydrogen) atoms. The lowest BCUT2D eigenvalue weighted by molar-refractivity contribution is 0.210. The summed E-state index contributed by atoms with van der Waals surface area (Å²) in [6.45, 7) is 2.83. The number of imidazole rings is 1. The first-order chi connectivity index (χ1) is 15.1. The van der Waals surface area contributed by atoms with Crippen LogP contribution in [0.1, 0.15) is 35.7 Å². The van der Waals surface area contributed by atoms with Gasteiger partial charge in [-0.15, -0.1) is 0 Å². The molecule has 1 aliphatic heterocycles. The first kappa shape index (κ1) is 19.5. The third-order valence-corrected chi connectivity index (χ3v) is 5.67. The van der Waals surface area contributed by atoms with Crippen LogP contribution in [0.25, 0.3) is 16.6 Å². The summed E-state index contributed by atoms with van der Waals surface area (Å²) >= 11 is 0. The smallest absolute Gasteiger partial charge is 0.153 e. The summed E-state index contributed by atoms with van der Waals surface area (Å²) in [6.07, 6.45) is 4.90. The minimum absolute atomic E-state index is 0.0259. The summed E-state index contributed by atoms with van der Waals surface area (Å²) in [7, 11) is 0. The molecule has 0 saturated carbocycles. The fourth-order valence-electron chi connectivity index (χ4n) is 4.04. The summed E-state index contributed by atoms with van der Waals surface area (Å²) < 4.78 is 31.8. The molecule has 0 bridgehead atoms. The van der Waals surface area contributed by atoms with Crippen LogP contribution in [0.5, 0.6) is 0 Å². The van der Waals surface area contributed by atoms with Crippen LogP contribution in [0, 0.1) is 11.6 Å². The number of halogens is 2. The lowest BCUT2D eigenvalue weighted by atomic mass is 9.95. The van der Waals surface area contributed by atoms with Crippen molar-refractivity contribution in [3.8, 4) is 0 Å². The van der Waals surface area contributed by atoms with Crippen molar-refractivity contribution in [2.75, 3.05) is 19.7 Å². The van der Waals surface area contributed by atoms with Crippen molar-refractivity contribution in [1.29, 1.82) is 0 Å². The van der Waals surface area contributed by atoms with Crippen LogP contribution in [0.2, 0.25) is 0 Å². The van der Waals surface area contributed by atoms with Gasteiger partial charge in [-0.3, -0.25) is 9.99 Å². The number of aliphatic hydroxyl groups is 1.